The minimum absolute atomic E-state index is 0.0136. The van der Waals surface area contributed by atoms with Crippen LogP contribution in [0.2, 0.25) is 0 Å². The molecule has 3 atom stereocenters. The van der Waals surface area contributed by atoms with Crippen LogP contribution in [0.1, 0.15) is 85.3 Å². The number of nitrogens with one attached hydrogen (secondary N) is 2. The van der Waals surface area contributed by atoms with Crippen LogP contribution < -0.4 is 10.6 Å². The number of amides is 3. The van der Waals surface area contributed by atoms with Gasteiger partial charge in [0, 0.05) is 31.4 Å². The van der Waals surface area contributed by atoms with E-state index in [1.54, 1.807) is 0 Å². The summed E-state index contributed by atoms with van der Waals surface area (Å²) >= 11 is 0. The number of carbonyl (C=O) groups is 2. The topological polar surface area (TPSA) is 140 Å². The maximum atomic E-state index is 14.0. The first-order valence-electron chi connectivity index (χ1n) is 14.4. The summed E-state index contributed by atoms with van der Waals surface area (Å²) < 4.78 is 87.9. The fraction of sp³-hybridized carbons (Fsp3) is 0.615. The molecule has 0 unspecified atom stereocenters. The van der Waals surface area contributed by atoms with Crippen LogP contribution in [-0.2, 0) is 4.74 Å². The average Bonchev–Trinajstić information content (AvgIpc) is 3.34. The first kappa shape index (κ1) is 27.9. The van der Waals surface area contributed by atoms with Crippen molar-refractivity contribution in [2.24, 2.45) is 5.92 Å². The van der Waals surface area contributed by atoms with Crippen LogP contribution in [0.25, 0.3) is 5.65 Å². The summed E-state index contributed by atoms with van der Waals surface area (Å²) in [4.78, 5) is 31.4. The molecule has 3 amide bonds. The molecule has 3 aromatic rings. The molecular formula is C26H29F5N8O4. The lowest BCUT2D eigenvalue weighted by molar-refractivity contribution is -0.150. The van der Waals surface area contributed by atoms with Gasteiger partial charge in [-0.25, -0.2) is 27.7 Å². The first-order valence-corrected chi connectivity index (χ1v) is 13.9. The van der Waals surface area contributed by atoms with Gasteiger partial charge < -0.3 is 20.3 Å². The lowest BCUT2D eigenvalue weighted by Gasteiger charge is -2.33. The van der Waals surface area contributed by atoms with E-state index in [4.69, 9.17) is 10.7 Å². The zero-order valence-corrected chi connectivity index (χ0v) is 22.9. The minimum atomic E-state index is -4.67. The molecule has 3 aliphatic rings. The van der Waals surface area contributed by atoms with Gasteiger partial charge in [-0.2, -0.15) is 18.3 Å². The summed E-state index contributed by atoms with van der Waals surface area (Å²) in [5.74, 6) is -3.77. The highest BCUT2D eigenvalue weighted by atomic mass is 19.4. The summed E-state index contributed by atoms with van der Waals surface area (Å²) in [7, 11) is 1.31. The maximum Gasteiger partial charge on any atom is 0.410 e. The van der Waals surface area contributed by atoms with Crippen molar-refractivity contribution in [3.63, 3.8) is 0 Å². The van der Waals surface area contributed by atoms with Gasteiger partial charge >= 0.3 is 12.2 Å². The highest BCUT2D eigenvalue weighted by molar-refractivity contribution is 5.93. The highest BCUT2D eigenvalue weighted by Gasteiger charge is 2.49. The number of halogens is 5. The second-order valence-corrected chi connectivity index (χ2v) is 11.3. The lowest BCUT2D eigenvalue weighted by Crippen LogP contribution is -2.40. The molecule has 17 heteroatoms. The Balaban J connectivity index is 1.32. The highest BCUT2D eigenvalue weighted by Crippen LogP contribution is 2.43. The molecule has 3 aromatic heterocycles. The number of carbonyl (C=O) groups excluding carboxylic acids is 2. The molecule has 4 heterocycles. The quantitative estimate of drug-likeness (QED) is 0.346. The Labute approximate surface area is 242 Å². The number of aromatic nitrogens is 5. The number of hydrogen-bond acceptors (Lipinski definition) is 8. The number of urea groups is 1. The Kier molecular flexibility index (Phi) is 7.13. The van der Waals surface area contributed by atoms with Gasteiger partial charge in [0.15, 0.2) is 11.3 Å². The molecule has 0 spiro atoms. The van der Waals surface area contributed by atoms with E-state index in [9.17, 15) is 31.5 Å². The molecule has 2 saturated carbocycles. The monoisotopic (exact) mass is 613 g/mol. The van der Waals surface area contributed by atoms with Crippen LogP contribution in [0.3, 0.4) is 0 Å². The van der Waals surface area contributed by atoms with Crippen molar-refractivity contribution < 1.29 is 42.3 Å². The molecule has 43 heavy (non-hydrogen) atoms. The molecular weight excluding hydrogens is 583 g/mol. The van der Waals surface area contributed by atoms with Gasteiger partial charge in [0.25, 0.3) is 5.91 Å². The number of nitrogens with zero attached hydrogens (tertiary/aromatic N) is 6. The number of methoxy groups -OCH3 is 1. The average molecular weight is 614 g/mol. The van der Waals surface area contributed by atoms with E-state index < -0.39 is 54.6 Å². The van der Waals surface area contributed by atoms with Crippen molar-refractivity contribution in [1.29, 1.82) is 0 Å². The molecule has 0 bridgehead atoms. The predicted octanol–water partition coefficient (Wildman–Crippen LogP) is 3.93. The molecule has 2 N–H and O–H groups in total. The number of imidazole rings is 1. The van der Waals surface area contributed by atoms with Crippen LogP contribution in [0.4, 0.5) is 26.7 Å². The van der Waals surface area contributed by atoms with E-state index in [2.05, 4.69) is 25.7 Å². The Morgan fingerprint density at radius 2 is 2.02 bits per heavy atom. The molecule has 0 aromatic carbocycles. The summed E-state index contributed by atoms with van der Waals surface area (Å²) in [5, 5.41) is 16.6. The van der Waals surface area contributed by atoms with Crippen molar-refractivity contribution in [3.8, 4) is 0 Å². The second-order valence-electron chi connectivity index (χ2n) is 11.3. The third-order valence-corrected chi connectivity index (χ3v) is 8.23. The van der Waals surface area contributed by atoms with Crippen LogP contribution in [-0.4, -0.2) is 80.2 Å². The van der Waals surface area contributed by atoms with E-state index in [1.807, 2.05) is 5.32 Å². The van der Waals surface area contributed by atoms with Gasteiger partial charge in [0.2, 0.25) is 5.92 Å². The lowest BCUT2D eigenvalue weighted by atomic mass is 9.81. The van der Waals surface area contributed by atoms with Crippen LogP contribution in [0, 0.1) is 5.92 Å². The number of rotatable bonds is 9. The van der Waals surface area contributed by atoms with Gasteiger partial charge in [-0.15, -0.1) is 0 Å². The minimum Gasteiger partial charge on any atom is -0.382 e. The number of alkyl halides is 5. The molecule has 12 nitrogen and oxygen atoms in total. The smallest absolute Gasteiger partial charge is 0.382 e. The van der Waals surface area contributed by atoms with Gasteiger partial charge in [-0.1, -0.05) is 5.16 Å². The first-order chi connectivity index (χ1) is 20.8. The van der Waals surface area contributed by atoms with Crippen LogP contribution in [0.5, 0.6) is 0 Å². The zero-order chi connectivity index (χ0) is 31.4. The Morgan fingerprint density at radius 1 is 1.28 bits per heavy atom. The van der Waals surface area contributed by atoms with E-state index in [-0.39, 0.29) is 67.0 Å². The number of fused-ring (bicyclic) bond motifs is 1. The molecule has 6 rings (SSSR count). The molecule has 232 valence electrons. The Bertz CT molecular complexity index is 1550. The molecule has 1 aliphatic heterocycles. The summed E-state index contributed by atoms with van der Waals surface area (Å²) in [6.45, 7) is -0.917. The third kappa shape index (κ3) is 5.99. The Hall–Kier alpha value is -3.89. The summed E-state index contributed by atoms with van der Waals surface area (Å²) in [5.41, 5.74) is 0.983. The van der Waals surface area contributed by atoms with Crippen molar-refractivity contribution in [2.75, 3.05) is 20.3 Å². The summed E-state index contributed by atoms with van der Waals surface area (Å²) in [6, 6.07) is -3.58. The van der Waals surface area contributed by atoms with Crippen LogP contribution >= 0.6 is 0 Å². The largest absolute Gasteiger partial charge is 0.410 e. The standard InChI is InChI=1S/C26H29F5N8O4/c1-42-12-17(38-11-18(26(29,30)31)34-24(38)41)15-8-19-33-16(10-39(19)32-9-15)20(14-4-6-25(27,28)7-5-14)35-23(40)22-21(13-2-3-13)36-43-37-22/h8-10,13-14,17-18,20H,2-7,11-12H2,1H3,(H,34,41)(H,35,40)/t17-,18+,20+/m1/s1/i9D. The third-order valence-electron chi connectivity index (χ3n) is 8.23. The predicted molar refractivity (Wildman–Crippen MR) is 136 cm³/mol. The van der Waals surface area contributed by atoms with Gasteiger partial charge in [0.05, 0.1) is 44.7 Å². The number of hydrogen-bond donors (Lipinski definition) is 2. The van der Waals surface area contributed by atoms with E-state index >= 15 is 0 Å². The van der Waals surface area contributed by atoms with Crippen LogP contribution in [0.15, 0.2) is 23.1 Å². The fourth-order valence-corrected chi connectivity index (χ4v) is 5.72. The molecule has 1 saturated heterocycles. The number of ether oxygens (including phenoxy) is 1. The van der Waals surface area contributed by atoms with Gasteiger partial charge in [-0.05, 0) is 42.8 Å². The van der Waals surface area contributed by atoms with Gasteiger partial charge in [0.1, 0.15) is 11.7 Å². The van der Waals surface area contributed by atoms with Crippen molar-refractivity contribution in [1.82, 2.24) is 40.4 Å². The van der Waals surface area contributed by atoms with E-state index in [1.165, 1.54) is 23.9 Å². The molecule has 2 aliphatic carbocycles. The normalized spacial score (nSPS) is 22.8. The van der Waals surface area contributed by atoms with Crippen molar-refractivity contribution in [3.05, 3.63) is 41.1 Å². The maximum absolute atomic E-state index is 14.0. The SMILES string of the molecule is [2H]c1nn2cc([C@@H](NC(=O)c3nonc3C3CC3)C3CCC(F)(F)CC3)nc2cc1[C@@H](COC)N1C[C@@H](C(F)(F)F)NC1=O. The zero-order valence-electron chi connectivity index (χ0n) is 23.9. The van der Waals surface area contributed by atoms with Crippen molar-refractivity contribution >= 4 is 17.6 Å². The Morgan fingerprint density at radius 3 is 2.67 bits per heavy atom. The summed E-state index contributed by atoms with van der Waals surface area (Å²) in [6.07, 6.45) is -2.41. The van der Waals surface area contributed by atoms with Crippen molar-refractivity contribution in [2.45, 2.75) is 74.7 Å². The second kappa shape index (κ2) is 11.0. The van der Waals surface area contributed by atoms with E-state index in [0.29, 0.717) is 5.69 Å². The molecule has 0 radical (unpaired) electrons. The fourth-order valence-electron chi connectivity index (χ4n) is 5.72. The van der Waals surface area contributed by atoms with Gasteiger partial charge in [-0.3, -0.25) is 4.79 Å². The molecule has 3 fully saturated rings. The van der Waals surface area contributed by atoms with E-state index in [0.717, 1.165) is 17.7 Å².